The Morgan fingerprint density at radius 2 is 2.00 bits per heavy atom. The minimum absolute atomic E-state index is 0.456. The largest absolute Gasteiger partial charge is 0.324 e. The van der Waals surface area contributed by atoms with Crippen molar-refractivity contribution in [3.8, 4) is 6.07 Å². The molecular formula is C17H14BrN7. The Bertz CT molecular complexity index is 938. The molecule has 0 amide bonds. The van der Waals surface area contributed by atoms with Crippen LogP contribution in [0.15, 0.2) is 41.0 Å². The maximum atomic E-state index is 8.85. The van der Waals surface area contributed by atoms with Crippen LogP contribution in [0.2, 0.25) is 0 Å². The van der Waals surface area contributed by atoms with Gasteiger partial charge in [0, 0.05) is 23.9 Å². The Hall–Kier alpha value is -2.92. The number of halogens is 1. The zero-order valence-corrected chi connectivity index (χ0v) is 14.7. The monoisotopic (exact) mass is 395 g/mol. The molecule has 1 aromatic carbocycles. The summed E-state index contributed by atoms with van der Waals surface area (Å²) in [4.78, 5) is 8.74. The fourth-order valence-electron chi connectivity index (χ4n) is 2.39. The molecule has 7 nitrogen and oxygen atoms in total. The van der Waals surface area contributed by atoms with E-state index in [-0.39, 0.29) is 0 Å². The zero-order chi connectivity index (χ0) is 17.2. The summed E-state index contributed by atoms with van der Waals surface area (Å²) in [6.07, 6.45) is 4.10. The summed E-state index contributed by atoms with van der Waals surface area (Å²) in [6.45, 7) is 0. The second-order valence-electron chi connectivity index (χ2n) is 5.81. The molecule has 2 aromatic heterocycles. The van der Waals surface area contributed by atoms with Crippen molar-refractivity contribution < 1.29 is 0 Å². The van der Waals surface area contributed by atoms with E-state index in [2.05, 4.69) is 52.8 Å². The molecule has 4 rings (SSSR count). The van der Waals surface area contributed by atoms with Crippen molar-refractivity contribution in [3.05, 3.63) is 52.3 Å². The average molecular weight is 396 g/mol. The molecule has 0 atom stereocenters. The highest BCUT2D eigenvalue weighted by Crippen LogP contribution is 2.39. The van der Waals surface area contributed by atoms with E-state index in [1.807, 2.05) is 18.2 Å². The number of rotatable bonds is 5. The molecule has 1 aliphatic carbocycles. The van der Waals surface area contributed by atoms with Crippen molar-refractivity contribution in [2.24, 2.45) is 0 Å². The summed E-state index contributed by atoms with van der Waals surface area (Å²) in [5.41, 5.74) is 2.50. The van der Waals surface area contributed by atoms with Crippen molar-refractivity contribution in [1.82, 2.24) is 20.2 Å². The number of nitrogens with one attached hydrogen (secondary N) is 3. The average Bonchev–Trinajstić information content (AvgIpc) is 3.38. The minimum atomic E-state index is 0.456. The molecule has 0 bridgehead atoms. The van der Waals surface area contributed by atoms with Crippen LogP contribution in [0.25, 0.3) is 0 Å². The van der Waals surface area contributed by atoms with Gasteiger partial charge >= 0.3 is 0 Å². The van der Waals surface area contributed by atoms with Gasteiger partial charge < -0.3 is 10.6 Å². The third kappa shape index (κ3) is 3.61. The molecule has 25 heavy (non-hydrogen) atoms. The van der Waals surface area contributed by atoms with E-state index in [0.717, 1.165) is 21.7 Å². The second kappa shape index (κ2) is 6.53. The van der Waals surface area contributed by atoms with E-state index in [4.69, 9.17) is 5.26 Å². The summed E-state index contributed by atoms with van der Waals surface area (Å²) in [5.74, 6) is 2.48. The van der Waals surface area contributed by atoms with Crippen LogP contribution in [0, 0.1) is 11.3 Å². The normalized spacial score (nSPS) is 13.3. The van der Waals surface area contributed by atoms with Crippen molar-refractivity contribution in [2.45, 2.75) is 18.8 Å². The summed E-state index contributed by atoms with van der Waals surface area (Å²) >= 11 is 3.45. The molecule has 124 valence electrons. The molecule has 0 aliphatic heterocycles. The van der Waals surface area contributed by atoms with Crippen LogP contribution in [0.4, 0.5) is 23.3 Å². The van der Waals surface area contributed by atoms with E-state index < -0.39 is 0 Å². The predicted molar refractivity (Wildman–Crippen MR) is 98.0 cm³/mol. The number of nitrogens with zero attached hydrogens (tertiary/aromatic N) is 4. The Balaban J connectivity index is 1.51. The Labute approximate surface area is 152 Å². The number of H-pyrrole nitrogens is 1. The lowest BCUT2D eigenvalue weighted by molar-refractivity contribution is 0.966. The number of benzene rings is 1. The molecule has 1 saturated carbocycles. The number of nitriles is 1. The van der Waals surface area contributed by atoms with Crippen LogP contribution in [-0.2, 0) is 0 Å². The van der Waals surface area contributed by atoms with Crippen LogP contribution in [0.1, 0.15) is 30.0 Å². The van der Waals surface area contributed by atoms with Gasteiger partial charge in [-0.15, -0.1) is 0 Å². The van der Waals surface area contributed by atoms with Gasteiger partial charge in [0.2, 0.25) is 5.95 Å². The lowest BCUT2D eigenvalue weighted by Gasteiger charge is -2.09. The molecule has 0 saturated heterocycles. The molecule has 0 radical (unpaired) electrons. The van der Waals surface area contributed by atoms with Gasteiger partial charge in [-0.2, -0.15) is 15.3 Å². The standard InChI is InChI=1S/C17H14BrN7/c18-13-9-20-17(21-12-5-1-10(8-19)2-6-12)23-16(13)22-15-7-14(24-25-15)11-3-4-11/h1-2,5-7,9,11H,3-4H2,(H3,20,21,22,23,24,25). The van der Waals surface area contributed by atoms with Gasteiger partial charge in [-0.05, 0) is 53.0 Å². The van der Waals surface area contributed by atoms with Gasteiger partial charge in [0.15, 0.2) is 5.82 Å². The third-order valence-electron chi connectivity index (χ3n) is 3.86. The van der Waals surface area contributed by atoms with Gasteiger partial charge in [-0.1, -0.05) is 0 Å². The first kappa shape index (κ1) is 15.6. The highest BCUT2D eigenvalue weighted by molar-refractivity contribution is 9.10. The first-order chi connectivity index (χ1) is 12.2. The first-order valence-electron chi connectivity index (χ1n) is 7.83. The van der Waals surface area contributed by atoms with E-state index in [0.29, 0.717) is 23.2 Å². The fraction of sp³-hybridized carbons (Fsp3) is 0.176. The topological polar surface area (TPSA) is 102 Å². The fourth-order valence-corrected chi connectivity index (χ4v) is 2.68. The summed E-state index contributed by atoms with van der Waals surface area (Å²) in [5, 5.41) is 22.5. The third-order valence-corrected chi connectivity index (χ3v) is 4.44. The summed E-state index contributed by atoms with van der Waals surface area (Å²) in [7, 11) is 0. The molecule has 8 heteroatoms. The van der Waals surface area contributed by atoms with Crippen molar-refractivity contribution >= 4 is 39.2 Å². The highest BCUT2D eigenvalue weighted by atomic mass is 79.9. The highest BCUT2D eigenvalue weighted by Gasteiger charge is 2.26. The SMILES string of the molecule is N#Cc1ccc(Nc2ncc(Br)c(Nc3cc(C4CC4)n[nH]3)n2)cc1. The summed E-state index contributed by atoms with van der Waals surface area (Å²) in [6, 6.07) is 11.2. The zero-order valence-electron chi connectivity index (χ0n) is 13.1. The van der Waals surface area contributed by atoms with Gasteiger partial charge in [0.25, 0.3) is 0 Å². The van der Waals surface area contributed by atoms with Crippen molar-refractivity contribution in [2.75, 3.05) is 10.6 Å². The second-order valence-corrected chi connectivity index (χ2v) is 6.66. The quantitative estimate of drug-likeness (QED) is 0.598. The van der Waals surface area contributed by atoms with Crippen molar-refractivity contribution in [3.63, 3.8) is 0 Å². The van der Waals surface area contributed by atoms with Gasteiger partial charge in [-0.25, -0.2) is 4.98 Å². The minimum Gasteiger partial charge on any atom is -0.324 e. The van der Waals surface area contributed by atoms with Crippen LogP contribution in [0.5, 0.6) is 0 Å². The number of aromatic amines is 1. The van der Waals surface area contributed by atoms with Crippen LogP contribution in [0.3, 0.4) is 0 Å². The number of anilines is 4. The molecular weight excluding hydrogens is 382 g/mol. The first-order valence-corrected chi connectivity index (χ1v) is 8.62. The maximum absolute atomic E-state index is 8.85. The Morgan fingerprint density at radius 3 is 2.72 bits per heavy atom. The smallest absolute Gasteiger partial charge is 0.229 e. The molecule has 1 aliphatic rings. The van der Waals surface area contributed by atoms with Crippen LogP contribution in [-0.4, -0.2) is 20.2 Å². The van der Waals surface area contributed by atoms with Crippen LogP contribution < -0.4 is 10.6 Å². The lowest BCUT2D eigenvalue weighted by atomic mass is 10.2. The number of hydrogen-bond acceptors (Lipinski definition) is 6. The maximum Gasteiger partial charge on any atom is 0.229 e. The lowest BCUT2D eigenvalue weighted by Crippen LogP contribution is -2.01. The molecule has 0 unspecified atom stereocenters. The number of aromatic nitrogens is 4. The molecule has 3 aromatic rings. The molecule has 2 heterocycles. The van der Waals surface area contributed by atoms with E-state index >= 15 is 0 Å². The van der Waals surface area contributed by atoms with Crippen LogP contribution >= 0.6 is 15.9 Å². The Kier molecular flexibility index (Phi) is 4.07. The molecule has 3 N–H and O–H groups in total. The van der Waals surface area contributed by atoms with Gasteiger partial charge in [-0.3, -0.25) is 5.10 Å². The molecule has 0 spiro atoms. The summed E-state index contributed by atoms with van der Waals surface area (Å²) < 4.78 is 0.750. The predicted octanol–water partition coefficient (Wildman–Crippen LogP) is 4.20. The van der Waals surface area contributed by atoms with E-state index in [9.17, 15) is 0 Å². The van der Waals surface area contributed by atoms with E-state index in [1.54, 1.807) is 18.3 Å². The number of hydrogen-bond donors (Lipinski definition) is 3. The van der Waals surface area contributed by atoms with Crippen molar-refractivity contribution in [1.29, 1.82) is 5.26 Å². The van der Waals surface area contributed by atoms with Gasteiger partial charge in [0.05, 0.1) is 21.8 Å². The van der Waals surface area contributed by atoms with E-state index in [1.165, 1.54) is 12.8 Å². The van der Waals surface area contributed by atoms with Gasteiger partial charge in [0.1, 0.15) is 5.82 Å². The Morgan fingerprint density at radius 1 is 1.20 bits per heavy atom. The molecule has 1 fully saturated rings.